The lowest BCUT2D eigenvalue weighted by Crippen LogP contribution is -2.59. The van der Waals surface area contributed by atoms with Crippen LogP contribution in [0.5, 0.6) is 0 Å². The summed E-state index contributed by atoms with van der Waals surface area (Å²) in [7, 11) is 0. The second-order valence-electron chi connectivity index (χ2n) is 12.7. The van der Waals surface area contributed by atoms with Gasteiger partial charge in [0, 0.05) is 22.5 Å². The zero-order valence-corrected chi connectivity index (χ0v) is 34.3. The van der Waals surface area contributed by atoms with E-state index in [1.165, 1.54) is 90.1 Å². The standard InChI is InChI=1S/C44H48N2O14/c1-7-55-37(49)43(38(50)56-8-2,39(51)57-9-3)45-31(25-27-33(45)35(47)29-19-15-13-16-20-29)23-24-32-26-28-34(36(48)30-21-17-14-18-22-30)46(32)44(40(52)58-10-4,41(53)59-11-5)42(54)60-12-6/h13-22,25-28H,7-12,23-24H2,1-6H3. The Labute approximate surface area is 346 Å². The van der Waals surface area contributed by atoms with Gasteiger partial charge < -0.3 is 37.6 Å². The molecule has 0 atom stereocenters. The van der Waals surface area contributed by atoms with Crippen molar-refractivity contribution in [2.24, 2.45) is 0 Å². The topological polar surface area (TPSA) is 202 Å². The van der Waals surface area contributed by atoms with Crippen LogP contribution in [0.1, 0.15) is 85.0 Å². The van der Waals surface area contributed by atoms with Gasteiger partial charge >= 0.3 is 46.9 Å². The molecule has 0 saturated carbocycles. The molecule has 2 heterocycles. The molecule has 0 amide bonds. The normalized spacial score (nSPS) is 11.2. The fraction of sp³-hybridized carbons (Fsp3) is 0.364. The largest absolute Gasteiger partial charge is 0.463 e. The highest BCUT2D eigenvalue weighted by atomic mass is 16.6. The van der Waals surface area contributed by atoms with Crippen LogP contribution < -0.4 is 0 Å². The summed E-state index contributed by atoms with van der Waals surface area (Å²) >= 11 is 0. The Hall–Kier alpha value is -6.84. The highest BCUT2D eigenvalue weighted by molar-refractivity contribution is 6.23. The second-order valence-corrected chi connectivity index (χ2v) is 12.7. The Kier molecular flexibility index (Phi) is 15.8. The van der Waals surface area contributed by atoms with Gasteiger partial charge in [-0.05, 0) is 78.6 Å². The van der Waals surface area contributed by atoms with E-state index in [1.807, 2.05) is 0 Å². The molecule has 16 heteroatoms. The summed E-state index contributed by atoms with van der Waals surface area (Å²) in [5.74, 6) is -9.78. The van der Waals surface area contributed by atoms with Crippen molar-refractivity contribution in [3.05, 3.63) is 119 Å². The quantitative estimate of drug-likeness (QED) is 0.0498. The van der Waals surface area contributed by atoms with Crippen LogP contribution in [0, 0.1) is 0 Å². The van der Waals surface area contributed by atoms with Gasteiger partial charge in [0.25, 0.3) is 0 Å². The molecule has 0 aliphatic carbocycles. The monoisotopic (exact) mass is 828 g/mol. The Balaban J connectivity index is 2.11. The van der Waals surface area contributed by atoms with Gasteiger partial charge in [0.1, 0.15) is 0 Å². The predicted molar refractivity (Wildman–Crippen MR) is 212 cm³/mol. The van der Waals surface area contributed by atoms with Crippen LogP contribution in [0.25, 0.3) is 0 Å². The fourth-order valence-corrected chi connectivity index (χ4v) is 6.69. The molecular formula is C44H48N2O14. The van der Waals surface area contributed by atoms with E-state index in [4.69, 9.17) is 28.4 Å². The van der Waals surface area contributed by atoms with Gasteiger partial charge in [0.05, 0.1) is 51.0 Å². The van der Waals surface area contributed by atoms with Crippen molar-refractivity contribution in [1.82, 2.24) is 9.13 Å². The molecule has 4 aromatic rings. The number of nitrogens with zero attached hydrogens (tertiary/aromatic N) is 2. The van der Waals surface area contributed by atoms with E-state index in [2.05, 4.69) is 0 Å². The molecule has 0 bridgehead atoms. The molecule has 0 unspecified atom stereocenters. The van der Waals surface area contributed by atoms with Gasteiger partial charge in [-0.2, -0.15) is 0 Å². The third-order valence-electron chi connectivity index (χ3n) is 9.19. The smallest absolute Gasteiger partial charge is 0.356 e. The number of hydrogen-bond acceptors (Lipinski definition) is 14. The van der Waals surface area contributed by atoms with Crippen LogP contribution in [-0.2, 0) is 81.1 Å². The van der Waals surface area contributed by atoms with Crippen molar-refractivity contribution in [2.75, 3.05) is 39.6 Å². The summed E-state index contributed by atoms with van der Waals surface area (Å²) in [4.78, 5) is 114. The lowest BCUT2D eigenvalue weighted by atomic mass is 9.95. The molecule has 2 aromatic carbocycles. The highest BCUT2D eigenvalue weighted by Crippen LogP contribution is 2.34. The van der Waals surface area contributed by atoms with Crippen LogP contribution in [0.4, 0.5) is 0 Å². The number of ether oxygens (including phenoxy) is 6. The zero-order valence-electron chi connectivity index (χ0n) is 34.3. The first kappa shape index (κ1) is 45.9. The lowest BCUT2D eigenvalue weighted by molar-refractivity contribution is -0.184. The van der Waals surface area contributed by atoms with Crippen molar-refractivity contribution in [2.45, 2.75) is 65.5 Å². The molecular weight excluding hydrogens is 780 g/mol. The second kappa shape index (κ2) is 20.7. The molecule has 318 valence electrons. The number of ketones is 2. The Morgan fingerprint density at radius 2 is 0.633 bits per heavy atom. The summed E-state index contributed by atoms with van der Waals surface area (Å²) < 4.78 is 33.9. The minimum absolute atomic E-state index is 0.0128. The third kappa shape index (κ3) is 8.63. The van der Waals surface area contributed by atoms with Crippen molar-refractivity contribution in [3.63, 3.8) is 0 Å². The maximum Gasteiger partial charge on any atom is 0.356 e. The Morgan fingerprint density at radius 3 is 0.867 bits per heavy atom. The first-order valence-electron chi connectivity index (χ1n) is 19.5. The molecule has 0 aliphatic heterocycles. The molecule has 60 heavy (non-hydrogen) atoms. The van der Waals surface area contributed by atoms with E-state index in [1.54, 1.807) is 36.4 Å². The maximum atomic E-state index is 14.3. The van der Waals surface area contributed by atoms with Crippen LogP contribution in [0.3, 0.4) is 0 Å². The molecule has 0 radical (unpaired) electrons. The van der Waals surface area contributed by atoms with E-state index in [-0.39, 0.29) is 86.4 Å². The van der Waals surface area contributed by atoms with Crippen molar-refractivity contribution in [3.8, 4) is 0 Å². The summed E-state index contributed by atoms with van der Waals surface area (Å²) in [5.41, 5.74) is -6.48. The fourth-order valence-electron chi connectivity index (χ4n) is 6.69. The van der Waals surface area contributed by atoms with Crippen LogP contribution in [-0.4, -0.2) is 96.2 Å². The Morgan fingerprint density at radius 1 is 0.383 bits per heavy atom. The minimum atomic E-state index is -3.05. The van der Waals surface area contributed by atoms with Crippen LogP contribution >= 0.6 is 0 Å². The number of rotatable bonds is 21. The van der Waals surface area contributed by atoms with Gasteiger partial charge in [0.2, 0.25) is 11.6 Å². The molecule has 16 nitrogen and oxygen atoms in total. The number of aryl methyl sites for hydroxylation is 2. The van der Waals surface area contributed by atoms with E-state index >= 15 is 0 Å². The molecule has 0 N–H and O–H groups in total. The number of esters is 6. The van der Waals surface area contributed by atoms with Gasteiger partial charge in [-0.1, -0.05) is 60.7 Å². The number of hydrogen-bond donors (Lipinski definition) is 0. The predicted octanol–water partition coefficient (Wildman–Crippen LogP) is 4.31. The molecule has 4 rings (SSSR count). The lowest BCUT2D eigenvalue weighted by Gasteiger charge is -2.32. The molecule has 0 aliphatic rings. The van der Waals surface area contributed by atoms with Crippen LogP contribution in [0.15, 0.2) is 84.9 Å². The summed E-state index contributed by atoms with van der Waals surface area (Å²) in [6.45, 7) is 6.99. The average Bonchev–Trinajstić information content (AvgIpc) is 3.86. The average molecular weight is 829 g/mol. The van der Waals surface area contributed by atoms with Gasteiger partial charge in [0.15, 0.2) is 0 Å². The third-order valence-corrected chi connectivity index (χ3v) is 9.19. The highest BCUT2D eigenvalue weighted by Gasteiger charge is 2.63. The van der Waals surface area contributed by atoms with Crippen LogP contribution in [0.2, 0.25) is 0 Å². The van der Waals surface area contributed by atoms with Gasteiger partial charge in [-0.15, -0.1) is 0 Å². The number of benzene rings is 2. The Bertz CT molecular complexity index is 1960. The van der Waals surface area contributed by atoms with Crippen molar-refractivity contribution < 1.29 is 66.8 Å². The SMILES string of the molecule is CCOC(=O)C(C(=O)OCC)(C(=O)OCC)n1c(CCc2ccc(C(=O)c3ccccc3)n2C(C(=O)OCC)(C(=O)OCC)C(=O)OCC)ccc1C(=O)c1ccccc1. The van der Waals surface area contributed by atoms with Crippen molar-refractivity contribution >= 4 is 47.4 Å². The van der Waals surface area contributed by atoms with E-state index in [0.29, 0.717) is 0 Å². The van der Waals surface area contributed by atoms with E-state index in [9.17, 15) is 38.4 Å². The molecule has 2 aromatic heterocycles. The molecule has 0 saturated heterocycles. The van der Waals surface area contributed by atoms with E-state index in [0.717, 1.165) is 9.13 Å². The minimum Gasteiger partial charge on any atom is -0.463 e. The summed E-state index contributed by atoms with van der Waals surface area (Å²) in [6.07, 6.45) is -0.592. The summed E-state index contributed by atoms with van der Waals surface area (Å²) in [5, 5.41) is 0. The maximum absolute atomic E-state index is 14.3. The zero-order chi connectivity index (χ0) is 44.0. The summed E-state index contributed by atoms with van der Waals surface area (Å²) in [6, 6.07) is 21.1. The van der Waals surface area contributed by atoms with Crippen molar-refractivity contribution in [1.29, 1.82) is 0 Å². The number of carbonyl (C=O) groups is 8. The van der Waals surface area contributed by atoms with E-state index < -0.39 is 58.5 Å². The first-order valence-corrected chi connectivity index (χ1v) is 19.5. The first-order chi connectivity index (χ1) is 28.9. The van der Waals surface area contributed by atoms with Gasteiger partial charge in [-0.25, -0.2) is 28.8 Å². The number of aromatic nitrogens is 2. The molecule has 0 fully saturated rings. The van der Waals surface area contributed by atoms with Gasteiger partial charge in [-0.3, -0.25) is 9.59 Å². The number of carbonyl (C=O) groups excluding carboxylic acids is 8. The molecule has 0 spiro atoms.